The van der Waals surface area contributed by atoms with Gasteiger partial charge in [0.1, 0.15) is 11.9 Å². The van der Waals surface area contributed by atoms with Crippen molar-refractivity contribution in [3.05, 3.63) is 62.6 Å². The van der Waals surface area contributed by atoms with Crippen LogP contribution < -0.4 is 10.5 Å². The maximum Gasteiger partial charge on any atom is 0.126 e. The van der Waals surface area contributed by atoms with Crippen molar-refractivity contribution < 1.29 is 4.74 Å². The summed E-state index contributed by atoms with van der Waals surface area (Å²) in [7, 11) is 0. The molecule has 0 fully saturated rings. The second-order valence-corrected chi connectivity index (χ2v) is 6.48. The third-order valence-corrected chi connectivity index (χ3v) is 4.42. The van der Waals surface area contributed by atoms with Gasteiger partial charge in [0, 0.05) is 27.5 Å². The highest BCUT2D eigenvalue weighted by atomic mass is 79.9. The maximum atomic E-state index is 6.28. The van der Waals surface area contributed by atoms with E-state index < -0.39 is 0 Å². The molecule has 1 unspecified atom stereocenters. The van der Waals surface area contributed by atoms with E-state index in [0.29, 0.717) is 0 Å². The van der Waals surface area contributed by atoms with Crippen molar-refractivity contribution in [2.45, 2.75) is 25.5 Å². The van der Waals surface area contributed by atoms with E-state index in [4.69, 9.17) is 22.1 Å². The van der Waals surface area contributed by atoms with Crippen LogP contribution in [0.3, 0.4) is 0 Å². The molecule has 0 saturated carbocycles. The van der Waals surface area contributed by atoms with Crippen molar-refractivity contribution in [2.24, 2.45) is 5.73 Å². The molecular weight excluding hydrogens is 338 g/mol. The summed E-state index contributed by atoms with van der Waals surface area (Å²) in [4.78, 5) is 0. The van der Waals surface area contributed by atoms with E-state index in [1.807, 2.05) is 43.3 Å². The van der Waals surface area contributed by atoms with E-state index >= 15 is 0 Å². The van der Waals surface area contributed by atoms with Gasteiger partial charge < -0.3 is 10.5 Å². The number of nitrogens with two attached hydrogens (primary N) is 1. The predicted molar refractivity (Wildman–Crippen MR) is 85.2 cm³/mol. The Morgan fingerprint density at radius 2 is 1.95 bits per heavy atom. The zero-order chi connectivity index (χ0) is 14.3. The van der Waals surface area contributed by atoms with Crippen LogP contribution in [0.2, 0.25) is 5.02 Å². The molecule has 2 N–H and O–H groups in total. The summed E-state index contributed by atoms with van der Waals surface area (Å²) in [6, 6.07) is 11.9. The summed E-state index contributed by atoms with van der Waals surface area (Å²) in [5.41, 5.74) is 9.63. The number of hydrogen-bond donors (Lipinski definition) is 1. The average Bonchev–Trinajstić information content (AvgIpc) is 2.37. The Morgan fingerprint density at radius 3 is 2.70 bits per heavy atom. The molecule has 0 aliphatic carbocycles. The standard InChI is InChI=1S/C16H15BrClNO/c1-9-6-11(18)3-5-12(9)16-8-14(19)13-4-2-10(17)7-15(13)20-16/h2-7,14,16H,8,19H2,1H3/t14-,16?/m1/s1. The van der Waals surface area contributed by atoms with Crippen LogP contribution in [0.5, 0.6) is 5.75 Å². The Balaban J connectivity index is 1.98. The summed E-state index contributed by atoms with van der Waals surface area (Å²) in [5, 5.41) is 0.745. The molecule has 0 radical (unpaired) electrons. The molecule has 2 aromatic rings. The Kier molecular flexibility index (Phi) is 3.76. The zero-order valence-corrected chi connectivity index (χ0v) is 13.4. The summed E-state index contributed by atoms with van der Waals surface area (Å²) >= 11 is 9.49. The number of rotatable bonds is 1. The molecule has 1 aliphatic rings. The zero-order valence-electron chi connectivity index (χ0n) is 11.1. The molecule has 3 rings (SSSR count). The third kappa shape index (κ3) is 2.58. The van der Waals surface area contributed by atoms with Crippen molar-refractivity contribution in [3.63, 3.8) is 0 Å². The summed E-state index contributed by atoms with van der Waals surface area (Å²) in [5.74, 6) is 0.859. The fourth-order valence-corrected chi connectivity index (χ4v) is 3.23. The number of fused-ring (bicyclic) bond motifs is 1. The monoisotopic (exact) mass is 351 g/mol. The first-order valence-corrected chi connectivity index (χ1v) is 7.69. The van der Waals surface area contributed by atoms with Gasteiger partial charge in [-0.15, -0.1) is 0 Å². The molecule has 104 valence electrons. The first-order chi connectivity index (χ1) is 9.54. The van der Waals surface area contributed by atoms with E-state index in [2.05, 4.69) is 15.9 Å². The Labute approximate surface area is 132 Å². The van der Waals surface area contributed by atoms with Crippen LogP contribution in [0.25, 0.3) is 0 Å². The number of ether oxygens (including phenoxy) is 1. The largest absolute Gasteiger partial charge is 0.485 e. The van der Waals surface area contributed by atoms with Gasteiger partial charge in [-0.1, -0.05) is 39.7 Å². The van der Waals surface area contributed by atoms with Crippen LogP contribution in [0.15, 0.2) is 40.9 Å². The molecule has 1 heterocycles. The fourth-order valence-electron chi connectivity index (χ4n) is 2.67. The van der Waals surface area contributed by atoms with Crippen LogP contribution >= 0.6 is 27.5 Å². The van der Waals surface area contributed by atoms with Gasteiger partial charge in [0.05, 0.1) is 0 Å². The number of aryl methyl sites for hydroxylation is 1. The van der Waals surface area contributed by atoms with Crippen molar-refractivity contribution in [2.75, 3.05) is 0 Å². The first kappa shape index (κ1) is 13.9. The molecule has 2 aromatic carbocycles. The molecular formula is C16H15BrClNO. The lowest BCUT2D eigenvalue weighted by molar-refractivity contribution is 0.161. The number of halogens is 2. The van der Waals surface area contributed by atoms with Crippen LogP contribution in [0.1, 0.15) is 35.3 Å². The number of hydrogen-bond acceptors (Lipinski definition) is 2. The van der Waals surface area contributed by atoms with Crippen LogP contribution in [0.4, 0.5) is 0 Å². The second kappa shape index (κ2) is 5.40. The molecule has 20 heavy (non-hydrogen) atoms. The molecule has 1 aliphatic heterocycles. The minimum Gasteiger partial charge on any atom is -0.485 e. The predicted octanol–water partition coefficient (Wildman–Crippen LogP) is 4.93. The normalized spacial score (nSPS) is 21.2. The van der Waals surface area contributed by atoms with Crippen LogP contribution in [-0.2, 0) is 0 Å². The average molecular weight is 353 g/mol. The third-order valence-electron chi connectivity index (χ3n) is 3.69. The van der Waals surface area contributed by atoms with Crippen molar-refractivity contribution in [1.29, 1.82) is 0 Å². The molecule has 0 amide bonds. The van der Waals surface area contributed by atoms with Gasteiger partial charge in [-0.2, -0.15) is 0 Å². The Bertz CT molecular complexity index is 659. The molecule has 0 bridgehead atoms. The number of benzene rings is 2. The van der Waals surface area contributed by atoms with Crippen molar-refractivity contribution >= 4 is 27.5 Å². The summed E-state index contributed by atoms with van der Waals surface area (Å²) in [6.07, 6.45) is 0.751. The van der Waals surface area contributed by atoms with Crippen molar-refractivity contribution in [1.82, 2.24) is 0 Å². The van der Waals surface area contributed by atoms with Gasteiger partial charge in [-0.3, -0.25) is 0 Å². The highest BCUT2D eigenvalue weighted by Crippen LogP contribution is 2.41. The highest BCUT2D eigenvalue weighted by molar-refractivity contribution is 9.10. The fraction of sp³-hybridized carbons (Fsp3) is 0.250. The quantitative estimate of drug-likeness (QED) is 0.789. The van der Waals surface area contributed by atoms with E-state index in [-0.39, 0.29) is 12.1 Å². The van der Waals surface area contributed by atoms with E-state index in [9.17, 15) is 0 Å². The lowest BCUT2D eigenvalue weighted by Gasteiger charge is -2.31. The molecule has 4 heteroatoms. The molecule has 0 aromatic heterocycles. The van der Waals surface area contributed by atoms with Gasteiger partial charge in [-0.25, -0.2) is 0 Å². The summed E-state index contributed by atoms with van der Waals surface area (Å²) in [6.45, 7) is 2.05. The van der Waals surface area contributed by atoms with E-state index in [1.54, 1.807) is 0 Å². The SMILES string of the molecule is Cc1cc(Cl)ccc1C1C[C@@H](N)c2ccc(Br)cc2O1. The topological polar surface area (TPSA) is 35.2 Å². The lowest BCUT2D eigenvalue weighted by atomic mass is 9.92. The minimum absolute atomic E-state index is 0.00747. The van der Waals surface area contributed by atoms with Crippen LogP contribution in [-0.4, -0.2) is 0 Å². The van der Waals surface area contributed by atoms with Gasteiger partial charge >= 0.3 is 0 Å². The van der Waals surface area contributed by atoms with E-state index in [1.165, 1.54) is 0 Å². The molecule has 2 nitrogen and oxygen atoms in total. The Hall–Kier alpha value is -1.03. The van der Waals surface area contributed by atoms with Crippen LogP contribution in [0, 0.1) is 6.92 Å². The second-order valence-electron chi connectivity index (χ2n) is 5.13. The lowest BCUT2D eigenvalue weighted by Crippen LogP contribution is -2.24. The smallest absolute Gasteiger partial charge is 0.126 e. The van der Waals surface area contributed by atoms with Gasteiger partial charge in [0.2, 0.25) is 0 Å². The first-order valence-electron chi connectivity index (χ1n) is 6.52. The minimum atomic E-state index is -0.0240. The molecule has 2 atom stereocenters. The van der Waals surface area contributed by atoms with Gasteiger partial charge in [0.25, 0.3) is 0 Å². The summed E-state index contributed by atoms with van der Waals surface area (Å²) < 4.78 is 7.13. The molecule has 0 spiro atoms. The highest BCUT2D eigenvalue weighted by Gasteiger charge is 2.28. The van der Waals surface area contributed by atoms with E-state index in [0.717, 1.165) is 38.4 Å². The maximum absolute atomic E-state index is 6.28. The van der Waals surface area contributed by atoms with Gasteiger partial charge in [-0.05, 0) is 42.3 Å². The van der Waals surface area contributed by atoms with Crippen molar-refractivity contribution in [3.8, 4) is 5.75 Å². The Morgan fingerprint density at radius 1 is 1.20 bits per heavy atom. The van der Waals surface area contributed by atoms with Gasteiger partial charge in [0.15, 0.2) is 0 Å². The molecule has 0 saturated heterocycles.